The van der Waals surface area contributed by atoms with Crippen LogP contribution in [0.5, 0.6) is 0 Å². The van der Waals surface area contributed by atoms with E-state index in [4.69, 9.17) is 0 Å². The second-order valence-corrected chi connectivity index (χ2v) is 7.97. The van der Waals surface area contributed by atoms with Crippen LogP contribution in [-0.2, 0) is 13.6 Å². The van der Waals surface area contributed by atoms with Gasteiger partial charge in [-0.3, -0.25) is 19.8 Å². The van der Waals surface area contributed by atoms with E-state index in [2.05, 4.69) is 35.6 Å². The Morgan fingerprint density at radius 1 is 1.26 bits per heavy atom. The minimum atomic E-state index is -0.0608. The van der Waals surface area contributed by atoms with Gasteiger partial charge in [-0.1, -0.05) is 0 Å². The van der Waals surface area contributed by atoms with E-state index in [0.29, 0.717) is 5.56 Å². The fourth-order valence-corrected chi connectivity index (χ4v) is 4.12. The number of aromatic amines is 1. The Labute approximate surface area is 179 Å². The molecule has 0 bridgehead atoms. The lowest BCUT2D eigenvalue weighted by Crippen LogP contribution is -2.47. The summed E-state index contributed by atoms with van der Waals surface area (Å²) >= 11 is 0. The van der Waals surface area contributed by atoms with Crippen molar-refractivity contribution in [2.45, 2.75) is 25.4 Å². The summed E-state index contributed by atoms with van der Waals surface area (Å²) in [5.74, 6) is 0.871. The van der Waals surface area contributed by atoms with Gasteiger partial charge in [0.05, 0.1) is 12.1 Å². The maximum absolute atomic E-state index is 13.0. The van der Waals surface area contributed by atoms with Crippen molar-refractivity contribution in [1.82, 2.24) is 40.2 Å². The van der Waals surface area contributed by atoms with Gasteiger partial charge in [-0.15, -0.1) is 10.2 Å². The quantitative estimate of drug-likeness (QED) is 0.517. The van der Waals surface area contributed by atoms with Gasteiger partial charge in [0.1, 0.15) is 17.8 Å². The molecular weight excluding hydrogens is 392 g/mol. The maximum atomic E-state index is 13.0. The van der Waals surface area contributed by atoms with E-state index in [1.807, 2.05) is 41.9 Å². The number of rotatable bonds is 5. The Morgan fingerprint density at radius 2 is 2.13 bits per heavy atom. The lowest BCUT2D eigenvalue weighted by Gasteiger charge is -2.32. The molecule has 1 unspecified atom stereocenters. The molecule has 0 radical (unpaired) electrons. The molecule has 9 heteroatoms. The van der Waals surface area contributed by atoms with Crippen LogP contribution in [0, 0.1) is 0 Å². The van der Waals surface area contributed by atoms with Crippen molar-refractivity contribution in [3.63, 3.8) is 0 Å². The van der Waals surface area contributed by atoms with Crippen LogP contribution in [0.2, 0.25) is 0 Å². The number of aryl methyl sites for hydroxylation is 1. The number of hydrogen-bond acceptors (Lipinski definition) is 6. The molecule has 1 aliphatic rings. The molecule has 4 heterocycles. The van der Waals surface area contributed by atoms with Crippen molar-refractivity contribution in [3.05, 3.63) is 60.4 Å². The lowest BCUT2D eigenvalue weighted by molar-refractivity contribution is 0.0899. The Morgan fingerprint density at radius 3 is 2.94 bits per heavy atom. The summed E-state index contributed by atoms with van der Waals surface area (Å²) in [6, 6.07) is 9.58. The minimum Gasteiger partial charge on any atom is -0.348 e. The first-order valence-corrected chi connectivity index (χ1v) is 10.4. The first kappa shape index (κ1) is 19.4. The second kappa shape index (κ2) is 8.27. The highest BCUT2D eigenvalue weighted by atomic mass is 16.1. The molecular formula is C22H24N8O. The molecule has 0 spiro atoms. The number of nitrogens with one attached hydrogen (secondary N) is 2. The van der Waals surface area contributed by atoms with Gasteiger partial charge in [0.15, 0.2) is 0 Å². The summed E-state index contributed by atoms with van der Waals surface area (Å²) in [7, 11) is 1.95. The van der Waals surface area contributed by atoms with Crippen molar-refractivity contribution in [1.29, 1.82) is 0 Å². The van der Waals surface area contributed by atoms with Crippen molar-refractivity contribution >= 4 is 16.8 Å². The lowest BCUT2D eigenvalue weighted by atomic mass is 10.0. The SMILES string of the molecule is Cn1cnnc1CN1CCCC(NC(=O)c2ccc3[nH]nc(-c4ccncc4)c3c2)C1. The fourth-order valence-electron chi connectivity index (χ4n) is 4.12. The molecule has 1 atom stereocenters. The van der Waals surface area contributed by atoms with Crippen LogP contribution in [-0.4, -0.2) is 59.9 Å². The van der Waals surface area contributed by atoms with Crippen LogP contribution in [0.25, 0.3) is 22.2 Å². The van der Waals surface area contributed by atoms with E-state index in [9.17, 15) is 4.79 Å². The standard InChI is InChI=1S/C22H24N8O/c1-29-14-24-27-20(29)13-30-10-2-3-17(12-30)25-22(31)16-4-5-19-18(11-16)21(28-26-19)15-6-8-23-9-7-15/h4-9,11,14,17H,2-3,10,12-13H2,1H3,(H,25,31)(H,26,28). The van der Waals surface area contributed by atoms with Crippen LogP contribution < -0.4 is 5.32 Å². The second-order valence-electron chi connectivity index (χ2n) is 7.97. The third kappa shape index (κ3) is 4.04. The van der Waals surface area contributed by atoms with Gasteiger partial charge in [-0.2, -0.15) is 5.10 Å². The number of hydrogen-bond donors (Lipinski definition) is 2. The molecule has 1 aliphatic heterocycles. The maximum Gasteiger partial charge on any atom is 0.251 e. The average molecular weight is 416 g/mol. The first-order chi connectivity index (χ1) is 15.2. The average Bonchev–Trinajstić information content (AvgIpc) is 3.40. The number of benzene rings is 1. The van der Waals surface area contributed by atoms with Crippen LogP contribution in [0.1, 0.15) is 29.0 Å². The van der Waals surface area contributed by atoms with Gasteiger partial charge >= 0.3 is 0 Å². The number of likely N-dealkylation sites (tertiary alicyclic amines) is 1. The third-order valence-electron chi connectivity index (χ3n) is 5.79. The number of carbonyl (C=O) groups excluding carboxylic acids is 1. The zero-order chi connectivity index (χ0) is 21.2. The van der Waals surface area contributed by atoms with Crippen LogP contribution in [0.3, 0.4) is 0 Å². The largest absolute Gasteiger partial charge is 0.348 e. The Hall–Kier alpha value is -3.59. The summed E-state index contributed by atoms with van der Waals surface area (Å²) in [5.41, 5.74) is 3.32. The van der Waals surface area contributed by atoms with Crippen molar-refractivity contribution < 1.29 is 4.79 Å². The van der Waals surface area contributed by atoms with Crippen LogP contribution >= 0.6 is 0 Å². The van der Waals surface area contributed by atoms with Crippen LogP contribution in [0.4, 0.5) is 0 Å². The van der Waals surface area contributed by atoms with E-state index >= 15 is 0 Å². The summed E-state index contributed by atoms with van der Waals surface area (Å²) in [6.45, 7) is 2.53. The monoisotopic (exact) mass is 416 g/mol. The molecule has 1 fully saturated rings. The number of amides is 1. The van der Waals surface area contributed by atoms with E-state index < -0.39 is 0 Å². The predicted octanol–water partition coefficient (Wildman–Crippen LogP) is 2.15. The minimum absolute atomic E-state index is 0.0608. The Kier molecular flexibility index (Phi) is 5.17. The van der Waals surface area contributed by atoms with E-state index in [1.165, 1.54) is 0 Å². The Balaban J connectivity index is 1.30. The fraction of sp³-hybridized carbons (Fsp3) is 0.318. The van der Waals surface area contributed by atoms with Gasteiger partial charge in [-0.05, 0) is 49.7 Å². The molecule has 1 amide bonds. The van der Waals surface area contributed by atoms with E-state index in [-0.39, 0.29) is 11.9 Å². The molecule has 5 rings (SSSR count). The smallest absolute Gasteiger partial charge is 0.251 e. The first-order valence-electron chi connectivity index (χ1n) is 10.4. The number of nitrogens with zero attached hydrogens (tertiary/aromatic N) is 6. The molecule has 158 valence electrons. The molecule has 2 N–H and O–H groups in total. The number of carbonyl (C=O) groups is 1. The topological polar surface area (TPSA) is 105 Å². The number of fused-ring (bicyclic) bond motifs is 1. The molecule has 3 aromatic heterocycles. The summed E-state index contributed by atoms with van der Waals surface area (Å²) in [4.78, 5) is 19.4. The predicted molar refractivity (Wildman–Crippen MR) is 116 cm³/mol. The summed E-state index contributed by atoms with van der Waals surface area (Å²) < 4.78 is 1.93. The van der Waals surface area contributed by atoms with Crippen molar-refractivity contribution in [2.24, 2.45) is 7.05 Å². The van der Waals surface area contributed by atoms with E-state index in [0.717, 1.165) is 60.5 Å². The molecule has 31 heavy (non-hydrogen) atoms. The zero-order valence-electron chi connectivity index (χ0n) is 17.3. The van der Waals surface area contributed by atoms with Gasteiger partial charge in [0.25, 0.3) is 5.91 Å². The van der Waals surface area contributed by atoms with Crippen molar-refractivity contribution in [2.75, 3.05) is 13.1 Å². The van der Waals surface area contributed by atoms with Crippen molar-refractivity contribution in [3.8, 4) is 11.3 Å². The highest BCUT2D eigenvalue weighted by Crippen LogP contribution is 2.26. The summed E-state index contributed by atoms with van der Waals surface area (Å²) in [6.07, 6.45) is 7.20. The number of aromatic nitrogens is 6. The zero-order valence-corrected chi connectivity index (χ0v) is 17.3. The molecule has 0 aliphatic carbocycles. The van der Waals surface area contributed by atoms with Gasteiger partial charge in [0, 0.05) is 48.5 Å². The molecule has 0 saturated carbocycles. The Bertz CT molecular complexity index is 1200. The number of piperidine rings is 1. The summed E-state index contributed by atoms with van der Waals surface area (Å²) in [5, 5.41) is 19.7. The van der Waals surface area contributed by atoms with Gasteiger partial charge in [-0.25, -0.2) is 0 Å². The molecule has 1 saturated heterocycles. The molecule has 1 aromatic carbocycles. The normalized spacial score (nSPS) is 17.1. The van der Waals surface area contributed by atoms with E-state index in [1.54, 1.807) is 18.7 Å². The number of pyridine rings is 1. The third-order valence-corrected chi connectivity index (χ3v) is 5.79. The molecule has 9 nitrogen and oxygen atoms in total. The van der Waals surface area contributed by atoms with Gasteiger partial charge < -0.3 is 9.88 Å². The van der Waals surface area contributed by atoms with Crippen LogP contribution in [0.15, 0.2) is 49.1 Å². The highest BCUT2D eigenvalue weighted by molar-refractivity contribution is 6.01. The molecule has 4 aromatic rings. The number of H-pyrrole nitrogens is 1. The van der Waals surface area contributed by atoms with Gasteiger partial charge in [0.2, 0.25) is 0 Å². The highest BCUT2D eigenvalue weighted by Gasteiger charge is 2.23.